The molecule has 1 aromatic carbocycles. The molecule has 2 atom stereocenters. The van der Waals surface area contributed by atoms with Crippen molar-refractivity contribution < 1.29 is 14.9 Å². The number of aliphatic imine (C=N–C) groups is 1. The van der Waals surface area contributed by atoms with Crippen molar-refractivity contribution in [3.05, 3.63) is 23.3 Å². The van der Waals surface area contributed by atoms with Gasteiger partial charge in [-0.15, -0.1) is 0 Å². The van der Waals surface area contributed by atoms with E-state index in [1.165, 1.54) is 12.8 Å². The highest BCUT2D eigenvalue weighted by molar-refractivity contribution is 6.06. The van der Waals surface area contributed by atoms with Crippen LogP contribution >= 0.6 is 0 Å². The Morgan fingerprint density at radius 2 is 2.14 bits per heavy atom. The van der Waals surface area contributed by atoms with Gasteiger partial charge in [-0.05, 0) is 44.4 Å². The first kappa shape index (κ1) is 16.8. The number of aromatic hydroxyl groups is 1. The molecule has 22 heavy (non-hydrogen) atoms. The number of hydrogen-bond donors (Lipinski definition) is 2. The summed E-state index contributed by atoms with van der Waals surface area (Å²) in [4.78, 5) is 4.47. The summed E-state index contributed by atoms with van der Waals surface area (Å²) in [5.74, 6) is 0.954. The number of nitrogens with zero attached hydrogens (tertiary/aromatic N) is 1. The summed E-state index contributed by atoms with van der Waals surface area (Å²) in [6.45, 7) is 6.24. The maximum atomic E-state index is 10.4. The zero-order valence-corrected chi connectivity index (χ0v) is 13.8. The number of aliphatic hydroxyl groups is 1. The molecule has 0 spiro atoms. The first-order valence-corrected chi connectivity index (χ1v) is 8.25. The lowest BCUT2D eigenvalue weighted by Crippen LogP contribution is -2.25. The number of phenols is 1. The van der Waals surface area contributed by atoms with Crippen LogP contribution in [0, 0.1) is 0 Å². The number of aliphatic hydroxyl groups excluding tert-OH is 1. The lowest BCUT2D eigenvalue weighted by molar-refractivity contribution is 0.202. The van der Waals surface area contributed by atoms with E-state index >= 15 is 0 Å². The van der Waals surface area contributed by atoms with E-state index < -0.39 is 6.10 Å². The number of aryl methyl sites for hydroxylation is 1. The van der Waals surface area contributed by atoms with Crippen LogP contribution in [0.25, 0.3) is 0 Å². The maximum Gasteiger partial charge on any atom is 0.132 e. The summed E-state index contributed by atoms with van der Waals surface area (Å²) < 4.78 is 5.89. The second-order valence-corrected chi connectivity index (χ2v) is 6.21. The summed E-state index contributed by atoms with van der Waals surface area (Å²) in [5, 5.41) is 19.8. The van der Waals surface area contributed by atoms with Crippen LogP contribution in [-0.2, 0) is 6.42 Å². The van der Waals surface area contributed by atoms with E-state index in [2.05, 4.69) is 11.9 Å². The Balaban J connectivity index is 2.28. The van der Waals surface area contributed by atoms with Crippen molar-refractivity contribution in [1.82, 2.24) is 0 Å². The summed E-state index contributed by atoms with van der Waals surface area (Å²) in [6.07, 6.45) is 4.65. The van der Waals surface area contributed by atoms with Crippen molar-refractivity contribution in [2.24, 2.45) is 4.99 Å². The Hall–Kier alpha value is -1.55. The van der Waals surface area contributed by atoms with E-state index in [1.807, 2.05) is 19.1 Å². The fourth-order valence-electron chi connectivity index (χ4n) is 2.78. The van der Waals surface area contributed by atoms with Crippen molar-refractivity contribution in [2.75, 3.05) is 6.54 Å². The second kappa shape index (κ2) is 7.63. The third kappa shape index (κ3) is 4.23. The zero-order chi connectivity index (χ0) is 16.1. The zero-order valence-electron chi connectivity index (χ0n) is 13.8. The molecule has 4 heteroatoms. The number of unbranched alkanes of at least 4 members (excludes halogenated alkanes) is 2. The molecule has 2 N–H and O–H groups in total. The molecular formula is C18H27NO3. The van der Waals surface area contributed by atoms with Crippen LogP contribution in [0.1, 0.15) is 57.6 Å². The van der Waals surface area contributed by atoms with Gasteiger partial charge in [0.05, 0.1) is 23.9 Å². The fourth-order valence-corrected chi connectivity index (χ4v) is 2.78. The smallest absolute Gasteiger partial charge is 0.132 e. The molecule has 0 saturated heterocycles. The van der Waals surface area contributed by atoms with Gasteiger partial charge in [-0.3, -0.25) is 4.99 Å². The molecule has 122 valence electrons. The van der Waals surface area contributed by atoms with Crippen LogP contribution in [0.4, 0.5) is 0 Å². The Bertz CT molecular complexity index is 537. The van der Waals surface area contributed by atoms with Gasteiger partial charge in [-0.1, -0.05) is 19.8 Å². The minimum atomic E-state index is -0.482. The molecule has 0 radical (unpaired) electrons. The van der Waals surface area contributed by atoms with Crippen molar-refractivity contribution >= 4 is 5.71 Å². The molecule has 0 bridgehead atoms. The Labute approximate surface area is 132 Å². The quantitative estimate of drug-likeness (QED) is 0.791. The van der Waals surface area contributed by atoms with Crippen molar-refractivity contribution in [3.63, 3.8) is 0 Å². The molecule has 0 aliphatic carbocycles. The van der Waals surface area contributed by atoms with Crippen molar-refractivity contribution in [3.8, 4) is 11.5 Å². The minimum absolute atomic E-state index is 0.0329. The van der Waals surface area contributed by atoms with Crippen LogP contribution in [0.15, 0.2) is 17.1 Å². The van der Waals surface area contributed by atoms with Crippen LogP contribution in [-0.4, -0.2) is 34.7 Å². The van der Waals surface area contributed by atoms with Crippen molar-refractivity contribution in [2.45, 2.75) is 65.1 Å². The number of hydrogen-bond acceptors (Lipinski definition) is 4. The standard InChI is InChI=1S/C18H27NO3/c1-4-5-6-7-14-9-16(21)18-15(19-11-12(2)20)8-13(3)22-17(18)10-14/h9-10,12-13,20-21H,4-8,11H2,1-3H3/t12-,13?/m1/s1. The monoisotopic (exact) mass is 305 g/mol. The fraction of sp³-hybridized carbons (Fsp3) is 0.611. The topological polar surface area (TPSA) is 62.0 Å². The molecule has 1 aliphatic heterocycles. The molecule has 0 fully saturated rings. The second-order valence-electron chi connectivity index (χ2n) is 6.21. The van der Waals surface area contributed by atoms with Crippen LogP contribution < -0.4 is 4.74 Å². The normalized spacial score (nSPS) is 20.5. The highest BCUT2D eigenvalue weighted by atomic mass is 16.5. The Morgan fingerprint density at radius 1 is 1.36 bits per heavy atom. The number of fused-ring (bicyclic) bond motifs is 1. The van der Waals surface area contributed by atoms with E-state index in [0.717, 1.165) is 29.9 Å². The van der Waals surface area contributed by atoms with E-state index in [0.29, 0.717) is 18.5 Å². The largest absolute Gasteiger partial charge is 0.507 e. The third-order valence-corrected chi connectivity index (χ3v) is 3.85. The van der Waals surface area contributed by atoms with Gasteiger partial charge in [0.15, 0.2) is 0 Å². The van der Waals surface area contributed by atoms with E-state index in [-0.39, 0.29) is 11.9 Å². The van der Waals surface area contributed by atoms with Gasteiger partial charge in [0.1, 0.15) is 17.6 Å². The average molecular weight is 305 g/mol. The SMILES string of the molecule is CCCCCc1cc(O)c2c(c1)OC(C)CC2=NC[C@@H](C)O. The molecule has 1 unspecified atom stereocenters. The minimum Gasteiger partial charge on any atom is -0.507 e. The van der Waals surface area contributed by atoms with Gasteiger partial charge >= 0.3 is 0 Å². The van der Waals surface area contributed by atoms with Gasteiger partial charge in [-0.25, -0.2) is 0 Å². The molecule has 1 aromatic rings. The number of benzene rings is 1. The summed E-state index contributed by atoms with van der Waals surface area (Å²) in [5.41, 5.74) is 2.62. The Kier molecular flexibility index (Phi) is 5.83. The van der Waals surface area contributed by atoms with E-state index in [1.54, 1.807) is 6.92 Å². The lowest BCUT2D eigenvalue weighted by Gasteiger charge is -2.26. The molecule has 1 heterocycles. The van der Waals surface area contributed by atoms with Crippen LogP contribution in [0.2, 0.25) is 0 Å². The molecule has 4 nitrogen and oxygen atoms in total. The molecule has 2 rings (SSSR count). The predicted molar refractivity (Wildman–Crippen MR) is 89.1 cm³/mol. The highest BCUT2D eigenvalue weighted by Crippen LogP contribution is 2.36. The average Bonchev–Trinajstić information content (AvgIpc) is 2.44. The van der Waals surface area contributed by atoms with Gasteiger partial charge in [0, 0.05) is 6.42 Å². The third-order valence-electron chi connectivity index (χ3n) is 3.85. The summed E-state index contributed by atoms with van der Waals surface area (Å²) in [7, 11) is 0. The van der Waals surface area contributed by atoms with Gasteiger partial charge in [-0.2, -0.15) is 0 Å². The highest BCUT2D eigenvalue weighted by Gasteiger charge is 2.25. The van der Waals surface area contributed by atoms with Crippen molar-refractivity contribution in [1.29, 1.82) is 0 Å². The van der Waals surface area contributed by atoms with E-state index in [4.69, 9.17) is 4.74 Å². The Morgan fingerprint density at radius 3 is 2.82 bits per heavy atom. The number of phenolic OH excluding ortho intramolecular Hbond substituents is 1. The van der Waals surface area contributed by atoms with Gasteiger partial charge in [0.2, 0.25) is 0 Å². The predicted octanol–water partition coefficient (Wildman–Crippen LogP) is 3.47. The molecule has 1 aliphatic rings. The lowest BCUT2D eigenvalue weighted by atomic mass is 9.96. The maximum absolute atomic E-state index is 10.4. The molecule has 0 saturated carbocycles. The van der Waals surface area contributed by atoms with Crippen LogP contribution in [0.5, 0.6) is 11.5 Å². The van der Waals surface area contributed by atoms with Gasteiger partial charge < -0.3 is 14.9 Å². The first-order chi connectivity index (χ1) is 10.5. The number of rotatable bonds is 6. The summed E-state index contributed by atoms with van der Waals surface area (Å²) in [6, 6.07) is 3.85. The number of ether oxygens (including phenoxy) is 1. The van der Waals surface area contributed by atoms with E-state index in [9.17, 15) is 10.2 Å². The molecule has 0 amide bonds. The summed E-state index contributed by atoms with van der Waals surface area (Å²) >= 11 is 0. The van der Waals surface area contributed by atoms with Crippen LogP contribution in [0.3, 0.4) is 0 Å². The molecular weight excluding hydrogens is 278 g/mol. The van der Waals surface area contributed by atoms with Gasteiger partial charge in [0.25, 0.3) is 0 Å². The first-order valence-electron chi connectivity index (χ1n) is 8.25. The molecule has 0 aromatic heterocycles.